The van der Waals surface area contributed by atoms with Gasteiger partial charge in [0.05, 0.1) is 18.5 Å². The van der Waals surface area contributed by atoms with Gasteiger partial charge in [0, 0.05) is 6.42 Å². The van der Waals surface area contributed by atoms with Crippen LogP contribution in [0.2, 0.25) is 0 Å². The second-order valence-electron chi connectivity index (χ2n) is 3.40. The van der Waals surface area contributed by atoms with E-state index in [1.807, 2.05) is 6.92 Å². The zero-order valence-electron chi connectivity index (χ0n) is 7.75. The lowest BCUT2D eigenvalue weighted by atomic mass is 10.1. The van der Waals surface area contributed by atoms with Crippen LogP contribution in [0.25, 0.3) is 0 Å². The van der Waals surface area contributed by atoms with Gasteiger partial charge in [0.2, 0.25) is 0 Å². The van der Waals surface area contributed by atoms with Crippen LogP contribution in [0.5, 0.6) is 0 Å². The normalized spacial score (nSPS) is 19.7. The van der Waals surface area contributed by atoms with Crippen LogP contribution in [-0.2, 0) is 4.74 Å². The van der Waals surface area contributed by atoms with Crippen LogP contribution < -0.4 is 0 Å². The van der Waals surface area contributed by atoms with Crippen LogP contribution in [-0.4, -0.2) is 17.8 Å². The molecule has 2 heteroatoms. The number of ether oxygens (including phenoxy) is 1. The summed E-state index contributed by atoms with van der Waals surface area (Å²) in [4.78, 5) is 0. The number of allylic oxidation sites excluding steroid dienone is 2. The number of hydrogen-bond donors (Lipinski definition) is 1. The van der Waals surface area contributed by atoms with Crippen molar-refractivity contribution in [3.05, 3.63) is 11.8 Å². The van der Waals surface area contributed by atoms with Crippen molar-refractivity contribution < 1.29 is 9.84 Å². The molecule has 0 fully saturated rings. The van der Waals surface area contributed by atoms with Crippen molar-refractivity contribution in [3.8, 4) is 0 Å². The second-order valence-corrected chi connectivity index (χ2v) is 3.40. The maximum Gasteiger partial charge on any atom is 0.0920 e. The number of aliphatic hydroxyl groups is 1. The molecular formula is C10H18O2. The van der Waals surface area contributed by atoms with Crippen molar-refractivity contribution in [2.45, 2.75) is 45.1 Å². The summed E-state index contributed by atoms with van der Waals surface area (Å²) >= 11 is 0. The minimum atomic E-state index is -0.172. The van der Waals surface area contributed by atoms with Crippen molar-refractivity contribution in [3.63, 3.8) is 0 Å². The van der Waals surface area contributed by atoms with Gasteiger partial charge >= 0.3 is 0 Å². The Balaban J connectivity index is 2.09. The van der Waals surface area contributed by atoms with Crippen molar-refractivity contribution in [2.24, 2.45) is 0 Å². The fourth-order valence-electron chi connectivity index (χ4n) is 1.35. The summed E-state index contributed by atoms with van der Waals surface area (Å²) in [5.74, 6) is 1.13. The SMILES string of the molecule is CC(O)CCCC1=CCCCO1. The molecule has 0 amide bonds. The van der Waals surface area contributed by atoms with Crippen molar-refractivity contribution >= 4 is 0 Å². The monoisotopic (exact) mass is 170 g/mol. The first kappa shape index (κ1) is 9.59. The minimum absolute atomic E-state index is 0.172. The van der Waals surface area contributed by atoms with Gasteiger partial charge in [0.25, 0.3) is 0 Å². The predicted molar refractivity (Wildman–Crippen MR) is 48.8 cm³/mol. The van der Waals surface area contributed by atoms with Crippen molar-refractivity contribution in [1.29, 1.82) is 0 Å². The van der Waals surface area contributed by atoms with Crippen LogP contribution >= 0.6 is 0 Å². The van der Waals surface area contributed by atoms with E-state index >= 15 is 0 Å². The molecule has 0 bridgehead atoms. The Labute approximate surface area is 74.2 Å². The molecule has 1 heterocycles. The molecule has 12 heavy (non-hydrogen) atoms. The van der Waals surface area contributed by atoms with Crippen LogP contribution in [0.3, 0.4) is 0 Å². The summed E-state index contributed by atoms with van der Waals surface area (Å²) in [6, 6.07) is 0. The summed E-state index contributed by atoms with van der Waals surface area (Å²) < 4.78 is 5.44. The topological polar surface area (TPSA) is 29.5 Å². The average Bonchev–Trinajstić information content (AvgIpc) is 2.05. The van der Waals surface area contributed by atoms with E-state index in [-0.39, 0.29) is 6.10 Å². The van der Waals surface area contributed by atoms with Crippen LogP contribution in [0, 0.1) is 0 Å². The highest BCUT2D eigenvalue weighted by Crippen LogP contribution is 2.16. The Kier molecular flexibility index (Phi) is 4.15. The standard InChI is InChI=1S/C10H18O2/c1-9(11)5-4-7-10-6-2-3-8-12-10/h6,9,11H,2-5,7-8H2,1H3. The van der Waals surface area contributed by atoms with Crippen LogP contribution in [0.1, 0.15) is 39.0 Å². The Bertz CT molecular complexity index is 150. The van der Waals surface area contributed by atoms with Crippen LogP contribution in [0.15, 0.2) is 11.8 Å². The van der Waals surface area contributed by atoms with Gasteiger partial charge in [-0.2, -0.15) is 0 Å². The molecule has 2 nitrogen and oxygen atoms in total. The molecule has 1 atom stereocenters. The van der Waals surface area contributed by atoms with Crippen molar-refractivity contribution in [1.82, 2.24) is 0 Å². The Morgan fingerprint density at radius 1 is 1.67 bits per heavy atom. The number of hydrogen-bond acceptors (Lipinski definition) is 2. The van der Waals surface area contributed by atoms with Gasteiger partial charge in [-0.05, 0) is 38.7 Å². The molecule has 1 aliphatic heterocycles. The van der Waals surface area contributed by atoms with E-state index in [1.165, 1.54) is 0 Å². The third-order valence-electron chi connectivity index (χ3n) is 2.05. The predicted octanol–water partition coefficient (Wildman–Crippen LogP) is 2.23. The van der Waals surface area contributed by atoms with E-state index in [9.17, 15) is 0 Å². The highest BCUT2D eigenvalue weighted by molar-refractivity contribution is 4.95. The molecule has 1 unspecified atom stereocenters. The molecular weight excluding hydrogens is 152 g/mol. The average molecular weight is 170 g/mol. The first-order chi connectivity index (χ1) is 5.79. The summed E-state index contributed by atoms with van der Waals surface area (Å²) in [7, 11) is 0. The third kappa shape index (κ3) is 3.77. The highest BCUT2D eigenvalue weighted by Gasteiger charge is 2.04. The molecule has 0 aromatic carbocycles. The lowest BCUT2D eigenvalue weighted by Gasteiger charge is -2.14. The van der Waals surface area contributed by atoms with Gasteiger partial charge in [0.15, 0.2) is 0 Å². The smallest absolute Gasteiger partial charge is 0.0920 e. The quantitative estimate of drug-likeness (QED) is 0.701. The molecule has 0 aromatic rings. The number of rotatable bonds is 4. The molecule has 1 aliphatic rings. The second kappa shape index (κ2) is 5.20. The van der Waals surface area contributed by atoms with Crippen molar-refractivity contribution in [2.75, 3.05) is 6.61 Å². The molecule has 0 saturated carbocycles. The lowest BCUT2D eigenvalue weighted by molar-refractivity contribution is 0.164. The van der Waals surface area contributed by atoms with Gasteiger partial charge in [-0.15, -0.1) is 0 Å². The first-order valence-electron chi connectivity index (χ1n) is 4.79. The van der Waals surface area contributed by atoms with Gasteiger partial charge in [-0.1, -0.05) is 0 Å². The summed E-state index contributed by atoms with van der Waals surface area (Å²) in [5, 5.41) is 9.02. The minimum Gasteiger partial charge on any atom is -0.498 e. The highest BCUT2D eigenvalue weighted by atomic mass is 16.5. The van der Waals surface area contributed by atoms with E-state index in [0.717, 1.165) is 44.5 Å². The van der Waals surface area contributed by atoms with E-state index in [0.29, 0.717) is 0 Å². The zero-order chi connectivity index (χ0) is 8.81. The van der Waals surface area contributed by atoms with E-state index in [2.05, 4.69) is 6.08 Å². The Morgan fingerprint density at radius 3 is 3.08 bits per heavy atom. The van der Waals surface area contributed by atoms with E-state index in [1.54, 1.807) is 0 Å². The molecule has 1 rings (SSSR count). The molecule has 70 valence electrons. The number of aliphatic hydroxyl groups excluding tert-OH is 1. The maximum absolute atomic E-state index is 9.02. The molecule has 0 aromatic heterocycles. The summed E-state index contributed by atoms with van der Waals surface area (Å²) in [5.41, 5.74) is 0. The Morgan fingerprint density at radius 2 is 2.50 bits per heavy atom. The van der Waals surface area contributed by atoms with E-state index in [4.69, 9.17) is 9.84 Å². The molecule has 1 N–H and O–H groups in total. The first-order valence-corrected chi connectivity index (χ1v) is 4.79. The zero-order valence-corrected chi connectivity index (χ0v) is 7.75. The Hall–Kier alpha value is -0.500. The summed E-state index contributed by atoms with van der Waals surface area (Å²) in [6.07, 6.45) is 7.21. The van der Waals surface area contributed by atoms with Gasteiger partial charge in [-0.25, -0.2) is 0 Å². The van der Waals surface area contributed by atoms with Gasteiger partial charge < -0.3 is 9.84 Å². The summed E-state index contributed by atoms with van der Waals surface area (Å²) in [6.45, 7) is 2.70. The largest absolute Gasteiger partial charge is 0.498 e. The van der Waals surface area contributed by atoms with Gasteiger partial charge in [-0.3, -0.25) is 0 Å². The maximum atomic E-state index is 9.02. The lowest BCUT2D eigenvalue weighted by Crippen LogP contribution is -2.03. The third-order valence-corrected chi connectivity index (χ3v) is 2.05. The van der Waals surface area contributed by atoms with Crippen LogP contribution in [0.4, 0.5) is 0 Å². The van der Waals surface area contributed by atoms with E-state index < -0.39 is 0 Å². The molecule has 0 spiro atoms. The molecule has 0 aliphatic carbocycles. The molecule has 0 radical (unpaired) electrons. The fourth-order valence-corrected chi connectivity index (χ4v) is 1.35. The van der Waals surface area contributed by atoms with Gasteiger partial charge in [0.1, 0.15) is 0 Å². The fraction of sp³-hybridized carbons (Fsp3) is 0.800. The molecule has 0 saturated heterocycles.